The van der Waals surface area contributed by atoms with Crippen molar-refractivity contribution in [3.05, 3.63) is 29.6 Å². The number of nitrogens with zero attached hydrogens (tertiary/aromatic N) is 1. The van der Waals surface area contributed by atoms with Gasteiger partial charge in [0, 0.05) is 30.4 Å². The Morgan fingerprint density at radius 1 is 1.39 bits per heavy atom. The van der Waals surface area contributed by atoms with E-state index in [-0.39, 0.29) is 12.4 Å². The van der Waals surface area contributed by atoms with Crippen molar-refractivity contribution in [3.8, 4) is 0 Å². The molecule has 18 heavy (non-hydrogen) atoms. The fourth-order valence-corrected chi connectivity index (χ4v) is 2.69. The van der Waals surface area contributed by atoms with Crippen LogP contribution in [-0.2, 0) is 6.54 Å². The molecule has 0 bridgehead atoms. The fraction of sp³-hybridized carbons (Fsp3) is 0.571. The molecular formula is C14H21FN2O. The standard InChI is InChI=1S/C14H21FN2O/c15-13-5-3-6-14(16)12(13)10-17-8-2-1-4-11(17)7-9-18/h3,5-6,11,18H,1-2,4,7-10,16H2. The number of hydrogen-bond donors (Lipinski definition) is 2. The van der Waals surface area contributed by atoms with E-state index in [9.17, 15) is 4.39 Å². The van der Waals surface area contributed by atoms with E-state index in [1.165, 1.54) is 12.5 Å². The number of anilines is 1. The third kappa shape index (κ3) is 3.00. The maximum absolute atomic E-state index is 13.8. The molecule has 0 aromatic heterocycles. The fourth-order valence-electron chi connectivity index (χ4n) is 2.69. The second-order valence-corrected chi connectivity index (χ2v) is 4.94. The average Bonchev–Trinajstić information content (AvgIpc) is 2.36. The zero-order valence-corrected chi connectivity index (χ0v) is 10.6. The Hall–Kier alpha value is -1.13. The maximum atomic E-state index is 13.8. The predicted molar refractivity (Wildman–Crippen MR) is 70.6 cm³/mol. The largest absolute Gasteiger partial charge is 0.398 e. The van der Waals surface area contributed by atoms with Crippen LogP contribution in [0, 0.1) is 5.82 Å². The molecule has 1 aromatic carbocycles. The number of benzene rings is 1. The van der Waals surface area contributed by atoms with Gasteiger partial charge in [0.05, 0.1) is 0 Å². The quantitative estimate of drug-likeness (QED) is 0.807. The Kier molecular flexibility index (Phi) is 4.55. The Morgan fingerprint density at radius 2 is 2.22 bits per heavy atom. The van der Waals surface area contributed by atoms with Crippen molar-refractivity contribution < 1.29 is 9.50 Å². The van der Waals surface area contributed by atoms with Crippen molar-refractivity contribution in [2.45, 2.75) is 38.3 Å². The van der Waals surface area contributed by atoms with Crippen molar-refractivity contribution in [2.75, 3.05) is 18.9 Å². The number of rotatable bonds is 4. The molecule has 4 heteroatoms. The minimum Gasteiger partial charge on any atom is -0.398 e. The molecule has 1 heterocycles. The summed E-state index contributed by atoms with van der Waals surface area (Å²) in [6.45, 7) is 1.69. The highest BCUT2D eigenvalue weighted by Crippen LogP contribution is 2.25. The molecule has 1 unspecified atom stereocenters. The van der Waals surface area contributed by atoms with Gasteiger partial charge in [0.15, 0.2) is 0 Å². The molecular weight excluding hydrogens is 231 g/mol. The van der Waals surface area contributed by atoms with Gasteiger partial charge in [-0.2, -0.15) is 0 Å². The van der Waals surface area contributed by atoms with E-state index in [0.717, 1.165) is 25.8 Å². The molecule has 1 aliphatic heterocycles. The van der Waals surface area contributed by atoms with E-state index in [1.807, 2.05) is 0 Å². The zero-order valence-electron chi connectivity index (χ0n) is 10.6. The number of likely N-dealkylation sites (tertiary alicyclic amines) is 1. The molecule has 1 aliphatic rings. The van der Waals surface area contributed by atoms with Crippen LogP contribution in [0.3, 0.4) is 0 Å². The summed E-state index contributed by atoms with van der Waals surface area (Å²) in [5, 5.41) is 9.09. The number of hydrogen-bond acceptors (Lipinski definition) is 3. The van der Waals surface area contributed by atoms with Gasteiger partial charge in [-0.15, -0.1) is 0 Å². The van der Waals surface area contributed by atoms with Crippen LogP contribution in [0.1, 0.15) is 31.2 Å². The Bertz CT molecular complexity index is 375. The molecule has 0 spiro atoms. The first-order valence-electron chi connectivity index (χ1n) is 6.60. The first-order valence-corrected chi connectivity index (χ1v) is 6.60. The third-order valence-electron chi connectivity index (χ3n) is 3.73. The third-order valence-corrected chi connectivity index (χ3v) is 3.73. The molecule has 3 N–H and O–H groups in total. The monoisotopic (exact) mass is 252 g/mol. The lowest BCUT2D eigenvalue weighted by molar-refractivity contribution is 0.111. The molecule has 0 amide bonds. The van der Waals surface area contributed by atoms with E-state index in [4.69, 9.17) is 10.8 Å². The van der Waals surface area contributed by atoms with Gasteiger partial charge in [0.25, 0.3) is 0 Å². The van der Waals surface area contributed by atoms with E-state index >= 15 is 0 Å². The van der Waals surface area contributed by atoms with E-state index < -0.39 is 0 Å². The topological polar surface area (TPSA) is 49.5 Å². The van der Waals surface area contributed by atoms with Gasteiger partial charge in [-0.1, -0.05) is 12.5 Å². The molecule has 1 saturated heterocycles. The number of halogens is 1. The number of nitrogen functional groups attached to an aromatic ring is 1. The second-order valence-electron chi connectivity index (χ2n) is 4.94. The molecule has 0 aliphatic carbocycles. The second kappa shape index (κ2) is 6.16. The van der Waals surface area contributed by atoms with Gasteiger partial charge in [0.1, 0.15) is 5.82 Å². The number of nitrogens with two attached hydrogens (primary N) is 1. The van der Waals surface area contributed by atoms with Gasteiger partial charge in [-0.25, -0.2) is 4.39 Å². The number of piperidine rings is 1. The highest BCUT2D eigenvalue weighted by atomic mass is 19.1. The van der Waals surface area contributed by atoms with Crippen LogP contribution in [0.4, 0.5) is 10.1 Å². The van der Waals surface area contributed by atoms with Gasteiger partial charge < -0.3 is 10.8 Å². The SMILES string of the molecule is Nc1cccc(F)c1CN1CCCCC1CCO. The smallest absolute Gasteiger partial charge is 0.129 e. The lowest BCUT2D eigenvalue weighted by Crippen LogP contribution is -2.39. The van der Waals surface area contributed by atoms with Crippen LogP contribution in [0.15, 0.2) is 18.2 Å². The van der Waals surface area contributed by atoms with E-state index in [1.54, 1.807) is 12.1 Å². The van der Waals surface area contributed by atoms with Crippen molar-refractivity contribution >= 4 is 5.69 Å². The zero-order chi connectivity index (χ0) is 13.0. The highest BCUT2D eigenvalue weighted by Gasteiger charge is 2.23. The lowest BCUT2D eigenvalue weighted by Gasteiger charge is -2.35. The first kappa shape index (κ1) is 13.3. The van der Waals surface area contributed by atoms with Crippen molar-refractivity contribution in [1.29, 1.82) is 0 Å². The lowest BCUT2D eigenvalue weighted by atomic mass is 9.98. The van der Waals surface area contributed by atoms with E-state index in [0.29, 0.717) is 23.8 Å². The van der Waals surface area contributed by atoms with Crippen LogP contribution >= 0.6 is 0 Å². The summed E-state index contributed by atoms with van der Waals surface area (Å²) in [4.78, 5) is 2.24. The molecule has 1 aromatic rings. The van der Waals surface area contributed by atoms with Crippen LogP contribution in [0.2, 0.25) is 0 Å². The van der Waals surface area contributed by atoms with Crippen LogP contribution in [0.5, 0.6) is 0 Å². The molecule has 100 valence electrons. The van der Waals surface area contributed by atoms with Gasteiger partial charge in [0.2, 0.25) is 0 Å². The summed E-state index contributed by atoms with van der Waals surface area (Å²) >= 11 is 0. The summed E-state index contributed by atoms with van der Waals surface area (Å²) in [6.07, 6.45) is 4.16. The van der Waals surface area contributed by atoms with Crippen LogP contribution < -0.4 is 5.73 Å². The van der Waals surface area contributed by atoms with Gasteiger partial charge >= 0.3 is 0 Å². The minimum atomic E-state index is -0.233. The molecule has 1 atom stereocenters. The number of aliphatic hydroxyl groups excluding tert-OH is 1. The summed E-state index contributed by atoms with van der Waals surface area (Å²) in [5.74, 6) is -0.233. The Balaban J connectivity index is 2.11. The minimum absolute atomic E-state index is 0.188. The normalized spacial score (nSPS) is 21.1. The maximum Gasteiger partial charge on any atom is 0.129 e. The van der Waals surface area contributed by atoms with Crippen molar-refractivity contribution in [3.63, 3.8) is 0 Å². The van der Waals surface area contributed by atoms with Crippen molar-refractivity contribution in [1.82, 2.24) is 4.90 Å². The van der Waals surface area contributed by atoms with Crippen molar-refractivity contribution in [2.24, 2.45) is 0 Å². The van der Waals surface area contributed by atoms with Crippen LogP contribution in [-0.4, -0.2) is 29.2 Å². The van der Waals surface area contributed by atoms with Gasteiger partial charge in [-0.05, 0) is 37.9 Å². The summed E-state index contributed by atoms with van der Waals surface area (Å²) in [5.41, 5.74) is 6.94. The van der Waals surface area contributed by atoms with Gasteiger partial charge in [-0.3, -0.25) is 4.90 Å². The summed E-state index contributed by atoms with van der Waals surface area (Å²) < 4.78 is 13.8. The Morgan fingerprint density at radius 3 is 2.94 bits per heavy atom. The Labute approximate surface area is 107 Å². The molecule has 0 radical (unpaired) electrons. The molecule has 1 fully saturated rings. The number of aliphatic hydroxyl groups is 1. The average molecular weight is 252 g/mol. The summed E-state index contributed by atoms with van der Waals surface area (Å²) in [6, 6.07) is 5.18. The molecule has 3 nitrogen and oxygen atoms in total. The highest BCUT2D eigenvalue weighted by molar-refractivity contribution is 5.47. The van der Waals surface area contributed by atoms with E-state index in [2.05, 4.69) is 4.90 Å². The molecule has 2 rings (SSSR count). The first-order chi connectivity index (χ1) is 8.72. The molecule has 0 saturated carbocycles. The predicted octanol–water partition coefficient (Wildman–Crippen LogP) is 2.14. The summed E-state index contributed by atoms with van der Waals surface area (Å²) in [7, 11) is 0. The van der Waals surface area contributed by atoms with Crippen LogP contribution in [0.25, 0.3) is 0 Å².